The molecule has 30 heavy (non-hydrogen) atoms. The first-order chi connectivity index (χ1) is 14.6. The highest BCUT2D eigenvalue weighted by atomic mass is 16.3. The Morgan fingerprint density at radius 2 is 2.10 bits per heavy atom. The topological polar surface area (TPSA) is 92.1 Å². The van der Waals surface area contributed by atoms with Crippen LogP contribution in [0, 0.1) is 6.92 Å². The quantitative estimate of drug-likeness (QED) is 0.586. The van der Waals surface area contributed by atoms with E-state index in [0.717, 1.165) is 48.3 Å². The highest BCUT2D eigenvalue weighted by Crippen LogP contribution is 2.21. The molecule has 2 heterocycles. The molecule has 3 N–H and O–H groups in total. The molecule has 1 aliphatic carbocycles. The van der Waals surface area contributed by atoms with Crippen LogP contribution >= 0.6 is 0 Å². The Balaban J connectivity index is 1.40. The minimum Gasteiger partial charge on any atom is -0.391 e. The van der Waals surface area contributed by atoms with Crippen LogP contribution in [0.25, 0.3) is 5.82 Å². The Morgan fingerprint density at radius 1 is 1.23 bits per heavy atom. The first-order valence-electron chi connectivity index (χ1n) is 10.4. The van der Waals surface area contributed by atoms with Gasteiger partial charge in [-0.15, -0.1) is 0 Å². The van der Waals surface area contributed by atoms with Gasteiger partial charge in [-0.1, -0.05) is 25.0 Å². The van der Waals surface area contributed by atoms with E-state index in [0.29, 0.717) is 12.1 Å². The second-order valence-electron chi connectivity index (χ2n) is 7.79. The smallest absolute Gasteiger partial charge is 0.251 e. The molecule has 0 spiro atoms. The third kappa shape index (κ3) is 4.68. The molecule has 2 atom stereocenters. The number of nitrogens with zero attached hydrogens (tertiary/aromatic N) is 3. The summed E-state index contributed by atoms with van der Waals surface area (Å²) in [7, 11) is 0. The highest BCUT2D eigenvalue weighted by molar-refractivity contribution is 5.95. The van der Waals surface area contributed by atoms with E-state index >= 15 is 0 Å². The van der Waals surface area contributed by atoms with Gasteiger partial charge in [-0.25, -0.2) is 9.67 Å². The number of anilines is 1. The van der Waals surface area contributed by atoms with Crippen LogP contribution in [0.3, 0.4) is 0 Å². The average Bonchev–Trinajstić information content (AvgIpc) is 3.30. The number of aliphatic hydroxyl groups is 1. The normalized spacial score (nSPS) is 18.7. The molecular weight excluding hydrogens is 378 g/mol. The molecule has 1 fully saturated rings. The van der Waals surface area contributed by atoms with Crippen LogP contribution in [0.1, 0.15) is 47.2 Å². The zero-order valence-electron chi connectivity index (χ0n) is 17.1. The van der Waals surface area contributed by atoms with Crippen LogP contribution in [0.2, 0.25) is 0 Å². The summed E-state index contributed by atoms with van der Waals surface area (Å²) in [6.07, 6.45) is 8.57. The molecule has 4 rings (SSSR count). The Morgan fingerprint density at radius 3 is 2.83 bits per heavy atom. The van der Waals surface area contributed by atoms with Gasteiger partial charge in [0.2, 0.25) is 0 Å². The molecule has 7 nitrogen and oxygen atoms in total. The summed E-state index contributed by atoms with van der Waals surface area (Å²) in [5.41, 5.74) is 3.59. The maximum atomic E-state index is 12.7. The van der Waals surface area contributed by atoms with Crippen LogP contribution in [0.15, 0.2) is 55.0 Å². The third-order valence-electron chi connectivity index (χ3n) is 5.58. The summed E-state index contributed by atoms with van der Waals surface area (Å²) in [6.45, 7) is 2.60. The maximum absolute atomic E-state index is 12.7. The molecule has 1 aliphatic rings. The van der Waals surface area contributed by atoms with Gasteiger partial charge in [0.1, 0.15) is 0 Å². The van der Waals surface area contributed by atoms with Crippen molar-refractivity contribution in [2.75, 3.05) is 5.32 Å². The number of hydrogen-bond acceptors (Lipinski definition) is 5. The van der Waals surface area contributed by atoms with Crippen molar-refractivity contribution in [2.45, 2.75) is 51.3 Å². The van der Waals surface area contributed by atoms with Crippen molar-refractivity contribution < 1.29 is 9.90 Å². The summed E-state index contributed by atoms with van der Waals surface area (Å²) in [5, 5.41) is 20.7. The van der Waals surface area contributed by atoms with Gasteiger partial charge in [0.15, 0.2) is 5.82 Å². The van der Waals surface area contributed by atoms with Gasteiger partial charge >= 0.3 is 0 Å². The van der Waals surface area contributed by atoms with Gasteiger partial charge in [0.05, 0.1) is 12.1 Å². The van der Waals surface area contributed by atoms with Gasteiger partial charge in [-0.05, 0) is 55.2 Å². The fourth-order valence-electron chi connectivity index (χ4n) is 3.74. The van der Waals surface area contributed by atoms with E-state index in [-0.39, 0.29) is 11.9 Å². The number of nitrogens with one attached hydrogen (secondary N) is 2. The highest BCUT2D eigenvalue weighted by Gasteiger charge is 2.25. The van der Waals surface area contributed by atoms with Crippen LogP contribution in [0.4, 0.5) is 5.69 Å². The number of carbonyl (C=O) groups excluding carboxylic acids is 1. The lowest BCUT2D eigenvalue weighted by Crippen LogP contribution is -2.45. The molecule has 3 aromatic rings. The lowest BCUT2D eigenvalue weighted by Gasteiger charge is -2.28. The minimum atomic E-state index is -0.456. The van der Waals surface area contributed by atoms with E-state index in [9.17, 15) is 9.90 Å². The second kappa shape index (κ2) is 9.09. The Kier molecular flexibility index (Phi) is 6.09. The van der Waals surface area contributed by atoms with E-state index in [1.165, 1.54) is 0 Å². The monoisotopic (exact) mass is 405 g/mol. The number of carbonyl (C=O) groups is 1. The zero-order valence-corrected chi connectivity index (χ0v) is 17.1. The molecule has 1 saturated carbocycles. The molecule has 0 bridgehead atoms. The predicted octanol–water partition coefficient (Wildman–Crippen LogP) is 3.22. The average molecular weight is 406 g/mol. The van der Waals surface area contributed by atoms with Gasteiger partial charge in [0.25, 0.3) is 5.91 Å². The van der Waals surface area contributed by atoms with Crippen LogP contribution in [-0.2, 0) is 6.54 Å². The first kappa shape index (κ1) is 20.1. The predicted molar refractivity (Wildman–Crippen MR) is 116 cm³/mol. The van der Waals surface area contributed by atoms with Gasteiger partial charge in [-0.3, -0.25) is 4.79 Å². The summed E-state index contributed by atoms with van der Waals surface area (Å²) in [4.78, 5) is 17.1. The molecule has 1 aromatic carbocycles. The van der Waals surface area contributed by atoms with E-state index in [4.69, 9.17) is 0 Å². The Hall–Kier alpha value is -3.19. The lowest BCUT2D eigenvalue weighted by molar-refractivity contribution is 0.0717. The molecule has 0 saturated heterocycles. The molecule has 0 unspecified atom stereocenters. The summed E-state index contributed by atoms with van der Waals surface area (Å²) in [6, 6.07) is 11.3. The van der Waals surface area contributed by atoms with Crippen molar-refractivity contribution in [3.05, 3.63) is 71.7 Å². The standard InChI is InChI=1S/C23H27N5O2/c1-16-7-9-18(23(30)27-19-5-2-3-6-21(19)29)13-20(16)24-14-17-8-10-22(25-15-17)28-12-4-11-26-28/h4,7-13,15,19,21,24,29H,2-3,5-6,14H2,1H3,(H,27,30)/t19-,21-/m0/s1. The molecule has 1 amide bonds. The van der Waals surface area contributed by atoms with Crippen molar-refractivity contribution in [3.63, 3.8) is 0 Å². The van der Waals surface area contributed by atoms with Crippen LogP contribution < -0.4 is 10.6 Å². The summed E-state index contributed by atoms with van der Waals surface area (Å²) < 4.78 is 1.71. The second-order valence-corrected chi connectivity index (χ2v) is 7.79. The fourth-order valence-corrected chi connectivity index (χ4v) is 3.74. The van der Waals surface area contributed by atoms with Gasteiger partial charge in [0, 0.05) is 36.4 Å². The number of aliphatic hydroxyl groups excluding tert-OH is 1. The molecule has 0 radical (unpaired) electrons. The van der Waals surface area contributed by atoms with Crippen LogP contribution in [-0.4, -0.2) is 37.9 Å². The summed E-state index contributed by atoms with van der Waals surface area (Å²) >= 11 is 0. The maximum Gasteiger partial charge on any atom is 0.251 e. The number of amides is 1. The molecule has 2 aromatic heterocycles. The Labute approximate surface area is 176 Å². The number of aryl methyl sites for hydroxylation is 1. The lowest BCUT2D eigenvalue weighted by atomic mass is 9.92. The van der Waals surface area contributed by atoms with E-state index in [1.54, 1.807) is 10.9 Å². The van der Waals surface area contributed by atoms with Crippen molar-refractivity contribution >= 4 is 11.6 Å². The largest absolute Gasteiger partial charge is 0.391 e. The number of aromatic nitrogens is 3. The molecule has 156 valence electrons. The number of hydrogen-bond donors (Lipinski definition) is 3. The van der Waals surface area contributed by atoms with Crippen molar-refractivity contribution in [1.29, 1.82) is 0 Å². The number of benzene rings is 1. The first-order valence-corrected chi connectivity index (χ1v) is 10.4. The van der Waals surface area contributed by atoms with Crippen molar-refractivity contribution in [3.8, 4) is 5.82 Å². The Bertz CT molecular complexity index is 985. The number of pyridine rings is 1. The fraction of sp³-hybridized carbons (Fsp3) is 0.348. The van der Waals surface area contributed by atoms with Gasteiger partial charge < -0.3 is 15.7 Å². The van der Waals surface area contributed by atoms with Crippen LogP contribution in [0.5, 0.6) is 0 Å². The molecule has 0 aliphatic heterocycles. The SMILES string of the molecule is Cc1ccc(C(=O)N[C@H]2CCCC[C@@H]2O)cc1NCc1ccc(-n2cccn2)nc1. The third-order valence-corrected chi connectivity index (χ3v) is 5.58. The van der Waals surface area contributed by atoms with Crippen molar-refractivity contribution in [1.82, 2.24) is 20.1 Å². The zero-order chi connectivity index (χ0) is 20.9. The number of rotatable bonds is 6. The summed E-state index contributed by atoms with van der Waals surface area (Å²) in [5.74, 6) is 0.623. The minimum absolute atomic E-state index is 0.144. The van der Waals surface area contributed by atoms with E-state index in [2.05, 4.69) is 20.7 Å². The van der Waals surface area contributed by atoms with E-state index in [1.807, 2.05) is 55.7 Å². The van der Waals surface area contributed by atoms with E-state index < -0.39 is 6.10 Å². The van der Waals surface area contributed by atoms with Crippen molar-refractivity contribution in [2.24, 2.45) is 0 Å². The molecule has 7 heteroatoms. The molecular formula is C23H27N5O2. The van der Waals surface area contributed by atoms with Gasteiger partial charge in [-0.2, -0.15) is 5.10 Å².